The van der Waals surface area contributed by atoms with Crippen molar-refractivity contribution in [2.75, 3.05) is 13.7 Å². The molecule has 0 aromatic heterocycles. The van der Waals surface area contributed by atoms with Crippen molar-refractivity contribution in [2.24, 2.45) is 5.73 Å². The molecule has 0 heterocycles. The number of carbonyl (C=O) groups is 1. The monoisotopic (exact) mass is 203 g/mol. The van der Waals surface area contributed by atoms with Crippen molar-refractivity contribution >= 4 is 5.97 Å². The predicted octanol–water partition coefficient (Wildman–Crippen LogP) is -5.29. The maximum Gasteiger partial charge on any atom is 1.00 e. The van der Waals surface area contributed by atoms with Crippen LogP contribution < -0.4 is 69.0 Å². The maximum atomic E-state index is 9.77. The summed E-state index contributed by atoms with van der Waals surface area (Å²) in [6, 6.07) is -1.00. The van der Waals surface area contributed by atoms with Crippen molar-refractivity contribution in [2.45, 2.75) is 6.04 Å². The second-order valence-corrected chi connectivity index (χ2v) is 1.38. The van der Waals surface area contributed by atoms with Crippen LogP contribution in [0.5, 0.6) is 0 Å². The Morgan fingerprint density at radius 2 is 2.33 bits per heavy atom. The maximum absolute atomic E-state index is 9.77. The fourth-order valence-corrected chi connectivity index (χ4v) is 0.248. The molecule has 9 heavy (non-hydrogen) atoms. The number of carboxylic acid groups (broad SMARTS) is 1. The van der Waals surface area contributed by atoms with Crippen molar-refractivity contribution in [3.63, 3.8) is 0 Å². The molecule has 1 atom stereocenters. The van der Waals surface area contributed by atoms with Gasteiger partial charge in [0, 0.05) is 7.11 Å². The second-order valence-electron chi connectivity index (χ2n) is 1.38. The van der Waals surface area contributed by atoms with E-state index < -0.39 is 12.0 Å². The third-order valence-corrected chi connectivity index (χ3v) is 0.649. The van der Waals surface area contributed by atoms with Crippen LogP contribution in [0.2, 0.25) is 0 Å². The zero-order chi connectivity index (χ0) is 6.57. The smallest absolute Gasteiger partial charge is 0.548 e. The molecule has 0 aliphatic carbocycles. The molecule has 0 spiro atoms. The molecule has 0 amide bonds. The summed E-state index contributed by atoms with van der Waals surface area (Å²) in [4.78, 5) is 9.77. The summed E-state index contributed by atoms with van der Waals surface area (Å²) in [5.41, 5.74) is 4.94. The van der Waals surface area contributed by atoms with E-state index in [1.807, 2.05) is 0 Å². The number of hydrogen-bond donors (Lipinski definition) is 1. The van der Waals surface area contributed by atoms with E-state index >= 15 is 0 Å². The number of methoxy groups -OCH3 is 1. The van der Waals surface area contributed by atoms with Crippen LogP contribution in [0.25, 0.3) is 0 Å². The zero-order valence-corrected chi connectivity index (χ0v) is 10.5. The van der Waals surface area contributed by atoms with E-state index in [0.717, 1.165) is 0 Å². The summed E-state index contributed by atoms with van der Waals surface area (Å²) >= 11 is 0. The molecule has 0 fully saturated rings. The first-order chi connectivity index (χ1) is 3.68. The van der Waals surface area contributed by atoms with Crippen molar-refractivity contribution in [1.82, 2.24) is 0 Å². The average molecular weight is 204 g/mol. The van der Waals surface area contributed by atoms with Crippen LogP contribution in [0.15, 0.2) is 0 Å². The minimum absolute atomic E-state index is 0. The Morgan fingerprint density at radius 3 is 2.44 bits per heavy atom. The van der Waals surface area contributed by atoms with Crippen LogP contribution in [0.4, 0.5) is 0 Å². The van der Waals surface area contributed by atoms with E-state index in [4.69, 9.17) is 5.73 Å². The first-order valence-electron chi connectivity index (χ1n) is 2.14. The third-order valence-electron chi connectivity index (χ3n) is 0.649. The topological polar surface area (TPSA) is 75.4 Å². The Morgan fingerprint density at radius 1 is 1.89 bits per heavy atom. The zero-order valence-electron chi connectivity index (χ0n) is 5.59. The molecule has 0 rings (SSSR count). The van der Waals surface area contributed by atoms with Crippen LogP contribution in [-0.4, -0.2) is 25.7 Å². The summed E-state index contributed by atoms with van der Waals surface area (Å²) in [5.74, 6) is -1.29. The van der Waals surface area contributed by atoms with E-state index in [9.17, 15) is 9.90 Å². The molecule has 0 radical (unpaired) electrons. The number of carbonyl (C=O) groups excluding carboxylic acids is 1. The molecule has 2 N–H and O–H groups in total. The molecule has 0 saturated heterocycles. The predicted molar refractivity (Wildman–Crippen MR) is 24.9 cm³/mol. The van der Waals surface area contributed by atoms with Crippen LogP contribution in [-0.2, 0) is 9.53 Å². The van der Waals surface area contributed by atoms with Gasteiger partial charge in [0.1, 0.15) is 0 Å². The number of aliphatic carboxylic acids is 1. The van der Waals surface area contributed by atoms with Gasteiger partial charge in [-0.25, -0.2) is 0 Å². The van der Waals surface area contributed by atoms with E-state index in [2.05, 4.69) is 4.74 Å². The normalized spacial score (nSPS) is 11.8. The van der Waals surface area contributed by atoms with E-state index in [1.165, 1.54) is 7.11 Å². The molecule has 5 heteroatoms. The Labute approximate surface area is 103 Å². The molecule has 0 aromatic rings. The third kappa shape index (κ3) is 7.09. The SMILES string of the molecule is COC[C@H](N)C(=O)[O-].[Rb+]. The molecule has 48 valence electrons. The summed E-state index contributed by atoms with van der Waals surface area (Å²) < 4.78 is 4.42. The van der Waals surface area contributed by atoms with Gasteiger partial charge < -0.3 is 20.4 Å². The molecule has 0 bridgehead atoms. The van der Waals surface area contributed by atoms with Crippen molar-refractivity contribution < 1.29 is 72.8 Å². The fraction of sp³-hybridized carbons (Fsp3) is 0.750. The standard InChI is InChI=1S/C4H9NO3.Rb/c1-8-2-3(5)4(6)7;/h3H,2,5H2,1H3,(H,6,7);/q;+1/p-1/t3-;/m0./s1. The number of hydrogen-bond acceptors (Lipinski definition) is 4. The van der Waals surface area contributed by atoms with Gasteiger partial charge in [-0.3, -0.25) is 0 Å². The van der Waals surface area contributed by atoms with E-state index in [1.54, 1.807) is 0 Å². The second kappa shape index (κ2) is 7.30. The summed E-state index contributed by atoms with van der Waals surface area (Å²) in [6.07, 6.45) is 0. The molecule has 4 nitrogen and oxygen atoms in total. The van der Waals surface area contributed by atoms with Crippen LogP contribution in [0.1, 0.15) is 0 Å². The van der Waals surface area contributed by atoms with Gasteiger partial charge >= 0.3 is 58.2 Å². The molecule has 0 aromatic carbocycles. The number of nitrogens with two attached hydrogens (primary N) is 1. The Hall–Kier alpha value is 1.20. The molecule has 0 saturated carbocycles. The first kappa shape index (κ1) is 12.8. The quantitative estimate of drug-likeness (QED) is 0.497. The molecule has 0 unspecified atom stereocenters. The van der Waals surface area contributed by atoms with Gasteiger partial charge in [-0.1, -0.05) is 0 Å². The Bertz CT molecular complexity index is 87.9. The summed E-state index contributed by atoms with van der Waals surface area (Å²) in [5, 5.41) is 9.77. The number of ether oxygens (including phenoxy) is 1. The van der Waals surface area contributed by atoms with Crippen LogP contribution in [0, 0.1) is 0 Å². The van der Waals surface area contributed by atoms with E-state index in [0.29, 0.717) is 0 Å². The van der Waals surface area contributed by atoms with Gasteiger partial charge in [-0.05, 0) is 0 Å². The van der Waals surface area contributed by atoms with Crippen molar-refractivity contribution in [3.05, 3.63) is 0 Å². The van der Waals surface area contributed by atoms with Crippen molar-refractivity contribution in [1.29, 1.82) is 0 Å². The number of rotatable bonds is 3. The van der Waals surface area contributed by atoms with Gasteiger partial charge in [0.05, 0.1) is 18.6 Å². The first-order valence-corrected chi connectivity index (χ1v) is 2.14. The summed E-state index contributed by atoms with van der Waals surface area (Å²) in [7, 11) is 1.38. The Balaban J connectivity index is 0. The minimum atomic E-state index is -1.29. The molecule has 0 aliphatic heterocycles. The van der Waals surface area contributed by atoms with E-state index in [-0.39, 0.29) is 64.8 Å². The molecule has 0 aliphatic rings. The van der Waals surface area contributed by atoms with Crippen LogP contribution >= 0.6 is 0 Å². The van der Waals surface area contributed by atoms with Gasteiger partial charge in [-0.15, -0.1) is 0 Å². The molecular formula is C4H8NO3Rb. The Kier molecular flexibility index (Phi) is 10.4. The summed E-state index contributed by atoms with van der Waals surface area (Å²) in [6.45, 7) is 0.00231. The average Bonchev–Trinajstić information content (AvgIpc) is 1.67. The van der Waals surface area contributed by atoms with Gasteiger partial charge in [-0.2, -0.15) is 0 Å². The van der Waals surface area contributed by atoms with Gasteiger partial charge in [0.25, 0.3) is 0 Å². The molecular weight excluding hydrogens is 196 g/mol. The largest absolute Gasteiger partial charge is 1.00 e. The van der Waals surface area contributed by atoms with Gasteiger partial charge in [0.2, 0.25) is 0 Å². The fourth-order valence-electron chi connectivity index (χ4n) is 0.248. The number of carboxylic acids is 1. The minimum Gasteiger partial charge on any atom is -0.548 e. The van der Waals surface area contributed by atoms with Crippen LogP contribution in [0.3, 0.4) is 0 Å². The van der Waals surface area contributed by atoms with Gasteiger partial charge in [0.15, 0.2) is 0 Å². The van der Waals surface area contributed by atoms with Crippen molar-refractivity contribution in [3.8, 4) is 0 Å².